The number of likely N-dealkylation sites (tertiary alicyclic amines) is 1. The molecule has 1 saturated heterocycles. The van der Waals surface area contributed by atoms with Crippen LogP contribution in [-0.2, 0) is 17.6 Å². The van der Waals surface area contributed by atoms with Crippen LogP contribution in [-0.4, -0.2) is 58.4 Å². The van der Waals surface area contributed by atoms with E-state index in [1.807, 2.05) is 25.8 Å². The maximum absolute atomic E-state index is 11.1. The van der Waals surface area contributed by atoms with Crippen LogP contribution in [0, 0.1) is 0 Å². The van der Waals surface area contributed by atoms with Gasteiger partial charge in [0.1, 0.15) is 11.9 Å². The van der Waals surface area contributed by atoms with Gasteiger partial charge in [0.25, 0.3) is 0 Å². The van der Waals surface area contributed by atoms with Gasteiger partial charge in [-0.15, -0.1) is 0 Å². The minimum atomic E-state index is -0.722. The maximum Gasteiger partial charge on any atom is 0.320 e. The Kier molecular flexibility index (Phi) is 10.1. The number of anilines is 1. The van der Waals surface area contributed by atoms with Gasteiger partial charge < -0.3 is 10.4 Å². The molecule has 158 valence electrons. The zero-order valence-electron chi connectivity index (χ0n) is 17.5. The zero-order chi connectivity index (χ0) is 20.4. The van der Waals surface area contributed by atoms with Crippen LogP contribution in [0.15, 0.2) is 12.1 Å². The average molecular weight is 409 g/mol. The Labute approximate surface area is 174 Å². The number of carboxylic acids is 1. The predicted molar refractivity (Wildman–Crippen MR) is 118 cm³/mol. The molecule has 1 unspecified atom stereocenters. The third-order valence-electron chi connectivity index (χ3n) is 5.30. The minimum Gasteiger partial charge on any atom is -0.480 e. The molecule has 1 aromatic rings. The van der Waals surface area contributed by atoms with Gasteiger partial charge in [0.05, 0.1) is 0 Å². The highest BCUT2D eigenvalue weighted by Gasteiger charge is 2.26. The second-order valence-electron chi connectivity index (χ2n) is 7.21. The first-order valence-electron chi connectivity index (χ1n) is 10.7. The van der Waals surface area contributed by atoms with Gasteiger partial charge in [-0.3, -0.25) is 14.4 Å². The smallest absolute Gasteiger partial charge is 0.320 e. The average Bonchev–Trinajstić information content (AvgIpc) is 2.74. The van der Waals surface area contributed by atoms with E-state index in [0.29, 0.717) is 5.25 Å². The normalized spacial score (nSPS) is 18.4. The van der Waals surface area contributed by atoms with Gasteiger partial charge in [-0.1, -0.05) is 31.9 Å². The zero-order valence-corrected chi connectivity index (χ0v) is 18.4. The summed E-state index contributed by atoms with van der Waals surface area (Å²) in [6, 6.07) is 4.02. The van der Waals surface area contributed by atoms with Crippen molar-refractivity contribution >= 4 is 23.7 Å². The Morgan fingerprint density at radius 1 is 1.39 bits per heavy atom. The van der Waals surface area contributed by atoms with Crippen molar-refractivity contribution in [2.24, 2.45) is 0 Å². The fourth-order valence-electron chi connectivity index (χ4n) is 3.56. The number of hydrogen-bond donors (Lipinski definition) is 3. The molecular weight excluding hydrogens is 372 g/mol. The van der Waals surface area contributed by atoms with E-state index in [-0.39, 0.29) is 6.04 Å². The number of rotatable bonds is 8. The largest absolute Gasteiger partial charge is 0.480 e. The number of aryl methyl sites for hydroxylation is 2. The number of aliphatic carboxylic acids is 1. The molecule has 3 N–H and O–H groups in total. The van der Waals surface area contributed by atoms with Crippen molar-refractivity contribution in [2.45, 2.75) is 70.6 Å². The van der Waals surface area contributed by atoms with E-state index >= 15 is 0 Å². The molecule has 0 radical (unpaired) electrons. The van der Waals surface area contributed by atoms with Crippen LogP contribution in [0.4, 0.5) is 5.82 Å². The van der Waals surface area contributed by atoms with E-state index in [2.05, 4.69) is 27.1 Å². The van der Waals surface area contributed by atoms with E-state index in [0.717, 1.165) is 64.1 Å². The molecule has 3 heterocycles. The van der Waals surface area contributed by atoms with Crippen molar-refractivity contribution in [1.29, 1.82) is 0 Å². The lowest BCUT2D eigenvalue weighted by Crippen LogP contribution is -2.44. The molecule has 0 aliphatic carbocycles. The number of fused-ring (bicyclic) bond motifs is 1. The highest BCUT2D eigenvalue weighted by Crippen LogP contribution is 2.23. The van der Waals surface area contributed by atoms with Crippen molar-refractivity contribution in [2.75, 3.05) is 31.5 Å². The Hall–Kier alpha value is -1.31. The topological polar surface area (TPSA) is 77.5 Å². The number of nitrogens with zero attached hydrogens (tertiary/aromatic N) is 2. The van der Waals surface area contributed by atoms with Crippen LogP contribution in [0.25, 0.3) is 0 Å². The minimum absolute atomic E-state index is 0.368. The molecule has 0 spiro atoms. The molecule has 3 rings (SSSR count). The van der Waals surface area contributed by atoms with Gasteiger partial charge in [0.2, 0.25) is 0 Å². The lowest BCUT2D eigenvalue weighted by Gasteiger charge is -2.33. The molecule has 6 nitrogen and oxygen atoms in total. The standard InChI is InChI=1S/C19H30N4O2S.C2H6/c1-14(19(24)25)23-12-8-17(9-13-23)26-21-11-3-5-16-7-6-15-4-2-10-20-18(15)22-16;1-2/h6-7,14,17,21H,2-5,8-13H2,1H3,(H,20,22)(H,24,25);1-2H3. The summed E-state index contributed by atoms with van der Waals surface area (Å²) >= 11 is 1.82. The van der Waals surface area contributed by atoms with E-state index in [1.54, 1.807) is 6.92 Å². The summed E-state index contributed by atoms with van der Waals surface area (Å²) in [7, 11) is 0. The summed E-state index contributed by atoms with van der Waals surface area (Å²) in [4.78, 5) is 17.9. The second kappa shape index (κ2) is 12.3. The van der Waals surface area contributed by atoms with Crippen molar-refractivity contribution in [1.82, 2.24) is 14.6 Å². The van der Waals surface area contributed by atoms with Crippen LogP contribution < -0.4 is 10.0 Å². The number of pyridine rings is 1. The molecule has 0 saturated carbocycles. The van der Waals surface area contributed by atoms with Crippen molar-refractivity contribution < 1.29 is 9.90 Å². The number of nitrogens with one attached hydrogen (secondary N) is 2. The summed E-state index contributed by atoms with van der Waals surface area (Å²) in [6.07, 6.45) is 6.51. The quantitative estimate of drug-likeness (QED) is 0.448. The second-order valence-corrected chi connectivity index (χ2v) is 8.40. The summed E-state index contributed by atoms with van der Waals surface area (Å²) in [5, 5.41) is 13.1. The molecule has 0 aromatic carbocycles. The van der Waals surface area contributed by atoms with Crippen molar-refractivity contribution in [3.05, 3.63) is 23.4 Å². The van der Waals surface area contributed by atoms with E-state index in [1.165, 1.54) is 17.7 Å². The van der Waals surface area contributed by atoms with Gasteiger partial charge in [0.15, 0.2) is 0 Å². The molecular formula is C21H36N4O2S. The van der Waals surface area contributed by atoms with Gasteiger partial charge >= 0.3 is 5.97 Å². The first kappa shape index (κ1) is 23.0. The molecule has 2 aliphatic heterocycles. The van der Waals surface area contributed by atoms with Crippen LogP contribution in [0.5, 0.6) is 0 Å². The molecule has 1 aromatic heterocycles. The fourth-order valence-corrected chi connectivity index (χ4v) is 4.51. The third kappa shape index (κ3) is 6.94. The molecule has 0 amide bonds. The number of carbonyl (C=O) groups is 1. The summed E-state index contributed by atoms with van der Waals surface area (Å²) in [5.74, 6) is 0.360. The van der Waals surface area contributed by atoms with Gasteiger partial charge in [-0.2, -0.15) is 0 Å². The monoisotopic (exact) mass is 408 g/mol. The summed E-state index contributed by atoms with van der Waals surface area (Å²) in [5.41, 5.74) is 2.51. The highest BCUT2D eigenvalue weighted by molar-refractivity contribution is 7.98. The van der Waals surface area contributed by atoms with Crippen molar-refractivity contribution in [3.63, 3.8) is 0 Å². The van der Waals surface area contributed by atoms with Crippen molar-refractivity contribution in [3.8, 4) is 0 Å². The van der Waals surface area contributed by atoms with Crippen LogP contribution in [0.3, 0.4) is 0 Å². The fraction of sp³-hybridized carbons (Fsp3) is 0.714. The van der Waals surface area contributed by atoms with Crippen LogP contribution in [0.1, 0.15) is 57.7 Å². The van der Waals surface area contributed by atoms with Crippen LogP contribution in [0.2, 0.25) is 0 Å². The molecule has 7 heteroatoms. The Morgan fingerprint density at radius 3 is 2.86 bits per heavy atom. The maximum atomic E-state index is 11.1. The van der Waals surface area contributed by atoms with E-state index in [9.17, 15) is 4.79 Å². The Bertz CT molecular complexity index is 606. The first-order chi connectivity index (χ1) is 13.6. The molecule has 0 bridgehead atoms. The number of aromatic nitrogens is 1. The predicted octanol–water partition coefficient (Wildman–Crippen LogP) is 3.57. The van der Waals surface area contributed by atoms with Gasteiger partial charge in [-0.25, -0.2) is 4.98 Å². The van der Waals surface area contributed by atoms with Gasteiger partial charge in [0, 0.05) is 37.1 Å². The molecule has 2 aliphatic rings. The molecule has 28 heavy (non-hydrogen) atoms. The SMILES string of the molecule is CC.CC(C(=O)O)N1CCC(SNCCCc2ccc3c(n2)NCCC3)CC1. The highest BCUT2D eigenvalue weighted by atomic mass is 32.2. The first-order valence-corrected chi connectivity index (χ1v) is 11.6. The number of hydrogen-bond acceptors (Lipinski definition) is 6. The lowest BCUT2D eigenvalue weighted by atomic mass is 10.1. The third-order valence-corrected chi connectivity index (χ3v) is 6.47. The number of carboxylic acid groups (broad SMARTS) is 1. The van der Waals surface area contributed by atoms with E-state index in [4.69, 9.17) is 10.1 Å². The molecule has 1 atom stereocenters. The Morgan fingerprint density at radius 2 is 2.14 bits per heavy atom. The van der Waals surface area contributed by atoms with Crippen LogP contribution >= 0.6 is 11.9 Å². The Balaban J connectivity index is 0.00000136. The number of piperidine rings is 1. The lowest BCUT2D eigenvalue weighted by molar-refractivity contribution is -0.142. The van der Waals surface area contributed by atoms with Gasteiger partial charge in [-0.05, 0) is 57.1 Å². The van der Waals surface area contributed by atoms with E-state index < -0.39 is 5.97 Å². The molecule has 1 fully saturated rings. The summed E-state index contributed by atoms with van der Waals surface area (Å²) < 4.78 is 3.49. The summed E-state index contributed by atoms with van der Waals surface area (Å²) in [6.45, 7) is 9.53.